The number of carbonyl (C=O) groups is 2. The van der Waals surface area contributed by atoms with E-state index in [1.54, 1.807) is 12.1 Å². The second kappa shape index (κ2) is 9.87. The van der Waals surface area contributed by atoms with Gasteiger partial charge in [-0.3, -0.25) is 0 Å². The second-order valence-electron chi connectivity index (χ2n) is 8.46. The summed E-state index contributed by atoms with van der Waals surface area (Å²) in [6, 6.07) is 22.0. The van der Waals surface area contributed by atoms with Gasteiger partial charge in [-0.15, -0.1) is 0 Å². The van der Waals surface area contributed by atoms with Crippen molar-refractivity contribution in [2.45, 2.75) is 18.4 Å². The van der Waals surface area contributed by atoms with Gasteiger partial charge in [-0.05, 0) is 52.6 Å². The van der Waals surface area contributed by atoms with Gasteiger partial charge >= 0.3 is 12.1 Å². The highest BCUT2D eigenvalue weighted by molar-refractivity contribution is 6.31. The molecule has 5 rings (SSSR count). The summed E-state index contributed by atoms with van der Waals surface area (Å²) in [4.78, 5) is 24.4. The largest absolute Gasteiger partial charge is 0.480 e. The van der Waals surface area contributed by atoms with E-state index in [2.05, 4.69) is 5.32 Å². The van der Waals surface area contributed by atoms with Crippen molar-refractivity contribution in [2.75, 3.05) is 6.61 Å². The zero-order valence-corrected chi connectivity index (χ0v) is 19.7. The number of halogens is 2. The highest BCUT2D eigenvalue weighted by Crippen LogP contribution is 2.44. The molecule has 1 atom stereocenters. The Morgan fingerprint density at radius 2 is 1.67 bits per heavy atom. The van der Waals surface area contributed by atoms with E-state index < -0.39 is 23.9 Å². The van der Waals surface area contributed by atoms with Crippen LogP contribution in [0.25, 0.3) is 22.5 Å². The molecule has 1 aliphatic carbocycles. The molecular weight excluding hydrogens is 485 g/mol. The average Bonchev–Trinajstić information content (AvgIpc) is 3.47. The predicted molar refractivity (Wildman–Crippen MR) is 132 cm³/mol. The molecule has 4 aromatic rings. The van der Waals surface area contributed by atoms with Gasteiger partial charge in [0.1, 0.15) is 30.0 Å². The van der Waals surface area contributed by atoms with Gasteiger partial charge < -0.3 is 19.6 Å². The number of carboxylic acid groups (broad SMARTS) is 1. The van der Waals surface area contributed by atoms with Crippen LogP contribution in [0.3, 0.4) is 0 Å². The molecule has 6 nitrogen and oxygen atoms in total. The second-order valence-corrected chi connectivity index (χ2v) is 8.87. The van der Waals surface area contributed by atoms with Crippen LogP contribution in [0.1, 0.15) is 22.8 Å². The quantitative estimate of drug-likeness (QED) is 0.309. The van der Waals surface area contributed by atoms with Crippen LogP contribution in [0.5, 0.6) is 0 Å². The van der Waals surface area contributed by atoms with E-state index in [0.717, 1.165) is 22.3 Å². The normalized spacial score (nSPS) is 13.1. The highest BCUT2D eigenvalue weighted by atomic mass is 35.5. The zero-order chi connectivity index (χ0) is 25.2. The van der Waals surface area contributed by atoms with Crippen LogP contribution in [0.4, 0.5) is 9.18 Å². The maximum absolute atomic E-state index is 13.4. The number of alkyl carbamates (subject to hydrolysis) is 1. The summed E-state index contributed by atoms with van der Waals surface area (Å²) < 4.78 is 24.6. The van der Waals surface area contributed by atoms with E-state index in [0.29, 0.717) is 17.1 Å². The van der Waals surface area contributed by atoms with Crippen LogP contribution < -0.4 is 5.32 Å². The first kappa shape index (κ1) is 23.6. The SMILES string of the molecule is O=C(NC(Cc1ccc(-c2ccc(F)c(Cl)c2)o1)C(=O)O)OCC1c2ccccc2-c2ccccc21. The van der Waals surface area contributed by atoms with Crippen LogP contribution in [0, 0.1) is 5.82 Å². The molecule has 0 fully saturated rings. The average molecular weight is 506 g/mol. The Kier molecular flexibility index (Phi) is 6.48. The molecule has 8 heteroatoms. The fraction of sp³-hybridized carbons (Fsp3) is 0.143. The Hall–Kier alpha value is -4.10. The lowest BCUT2D eigenvalue weighted by atomic mass is 9.98. The van der Waals surface area contributed by atoms with Crippen molar-refractivity contribution in [1.82, 2.24) is 5.32 Å². The summed E-state index contributed by atoms with van der Waals surface area (Å²) in [7, 11) is 0. The number of rotatable bonds is 7. The molecule has 1 amide bonds. The highest BCUT2D eigenvalue weighted by Gasteiger charge is 2.30. The fourth-order valence-electron chi connectivity index (χ4n) is 4.48. The summed E-state index contributed by atoms with van der Waals surface area (Å²) in [6.45, 7) is 0.0719. The van der Waals surface area contributed by atoms with E-state index in [4.69, 9.17) is 20.8 Å². The Morgan fingerprint density at radius 3 is 2.31 bits per heavy atom. The molecule has 3 aromatic carbocycles. The van der Waals surface area contributed by atoms with E-state index in [-0.39, 0.29) is 24.0 Å². The van der Waals surface area contributed by atoms with Gasteiger partial charge in [-0.2, -0.15) is 0 Å². The summed E-state index contributed by atoms with van der Waals surface area (Å²) in [5.41, 5.74) is 4.86. The minimum atomic E-state index is -1.27. The number of carboxylic acids is 1. The molecule has 0 bridgehead atoms. The third kappa shape index (κ3) is 4.70. The molecule has 2 N–H and O–H groups in total. The first-order valence-electron chi connectivity index (χ1n) is 11.3. The number of fused-ring (bicyclic) bond motifs is 3. The van der Waals surface area contributed by atoms with Crippen molar-refractivity contribution < 1.29 is 28.2 Å². The van der Waals surface area contributed by atoms with Crippen LogP contribution >= 0.6 is 11.6 Å². The van der Waals surface area contributed by atoms with Gasteiger partial charge in [-0.1, -0.05) is 60.1 Å². The molecule has 1 aliphatic rings. The van der Waals surface area contributed by atoms with Crippen molar-refractivity contribution in [1.29, 1.82) is 0 Å². The smallest absolute Gasteiger partial charge is 0.407 e. The molecule has 0 aliphatic heterocycles. The number of aliphatic carboxylic acids is 1. The predicted octanol–water partition coefficient (Wildman–Crippen LogP) is 6.27. The van der Waals surface area contributed by atoms with Crippen molar-refractivity contribution >= 4 is 23.7 Å². The van der Waals surface area contributed by atoms with Gasteiger partial charge in [0, 0.05) is 17.9 Å². The van der Waals surface area contributed by atoms with Crippen LogP contribution in [0.15, 0.2) is 83.3 Å². The van der Waals surface area contributed by atoms with Crippen LogP contribution in [-0.4, -0.2) is 29.8 Å². The summed E-state index contributed by atoms with van der Waals surface area (Å²) in [6.07, 6.45) is -0.935. The molecule has 1 unspecified atom stereocenters. The number of hydrogen-bond donors (Lipinski definition) is 2. The Labute approximate surface area is 211 Å². The molecule has 0 saturated carbocycles. The maximum atomic E-state index is 13.4. The van der Waals surface area contributed by atoms with Gasteiger partial charge in [0.25, 0.3) is 0 Å². The monoisotopic (exact) mass is 505 g/mol. The van der Waals surface area contributed by atoms with Gasteiger partial charge in [0.15, 0.2) is 0 Å². The Bertz CT molecular complexity index is 1400. The number of hydrogen-bond acceptors (Lipinski definition) is 4. The molecule has 0 spiro atoms. The Balaban J connectivity index is 1.24. The molecule has 0 radical (unpaired) electrons. The minimum absolute atomic E-state index is 0.0502. The molecule has 36 heavy (non-hydrogen) atoms. The Morgan fingerprint density at radius 1 is 1.00 bits per heavy atom. The number of nitrogens with one attached hydrogen (secondary N) is 1. The number of furan rings is 1. The van der Waals surface area contributed by atoms with E-state index >= 15 is 0 Å². The molecule has 0 saturated heterocycles. The fourth-order valence-corrected chi connectivity index (χ4v) is 4.66. The topological polar surface area (TPSA) is 88.8 Å². The zero-order valence-electron chi connectivity index (χ0n) is 18.9. The molecular formula is C28H21ClFNO5. The van der Waals surface area contributed by atoms with Gasteiger partial charge in [-0.25, -0.2) is 14.0 Å². The van der Waals surface area contributed by atoms with Gasteiger partial charge in [0.2, 0.25) is 0 Å². The summed E-state index contributed by atoms with van der Waals surface area (Å²) in [5, 5.41) is 12.0. The first-order valence-corrected chi connectivity index (χ1v) is 11.7. The van der Waals surface area contributed by atoms with Crippen molar-refractivity contribution in [3.63, 3.8) is 0 Å². The number of ether oxygens (including phenoxy) is 1. The summed E-state index contributed by atoms with van der Waals surface area (Å²) in [5.74, 6) is -1.19. The standard InChI is InChI=1S/C28H21ClFNO5/c29-23-13-16(9-11-24(23)30)26-12-10-17(36-26)14-25(27(32)33)31-28(34)35-15-22-20-7-3-1-5-18(20)19-6-2-4-8-21(19)22/h1-13,22,25H,14-15H2,(H,31,34)(H,32,33). The van der Waals surface area contributed by atoms with E-state index in [9.17, 15) is 19.1 Å². The summed E-state index contributed by atoms with van der Waals surface area (Å²) >= 11 is 5.83. The maximum Gasteiger partial charge on any atom is 0.407 e. The van der Waals surface area contributed by atoms with Gasteiger partial charge in [0.05, 0.1) is 5.02 Å². The van der Waals surface area contributed by atoms with E-state index in [1.165, 1.54) is 18.2 Å². The molecule has 1 aromatic heterocycles. The third-order valence-corrected chi connectivity index (χ3v) is 6.49. The third-order valence-electron chi connectivity index (χ3n) is 6.20. The number of benzene rings is 3. The van der Waals surface area contributed by atoms with Crippen LogP contribution in [0.2, 0.25) is 5.02 Å². The molecule has 1 heterocycles. The van der Waals surface area contributed by atoms with E-state index in [1.807, 2.05) is 48.5 Å². The first-order chi connectivity index (χ1) is 17.4. The lowest BCUT2D eigenvalue weighted by Crippen LogP contribution is -2.42. The van der Waals surface area contributed by atoms with Crippen molar-refractivity contribution in [3.05, 3.63) is 107 Å². The van der Waals surface area contributed by atoms with Crippen LogP contribution in [-0.2, 0) is 16.0 Å². The molecule has 182 valence electrons. The van der Waals surface area contributed by atoms with Crippen molar-refractivity contribution in [3.8, 4) is 22.5 Å². The lowest BCUT2D eigenvalue weighted by Gasteiger charge is -2.17. The minimum Gasteiger partial charge on any atom is -0.480 e. The lowest BCUT2D eigenvalue weighted by molar-refractivity contribution is -0.139. The number of amides is 1. The van der Waals surface area contributed by atoms with Crippen molar-refractivity contribution in [2.24, 2.45) is 0 Å². The number of carbonyl (C=O) groups excluding carboxylic acids is 1.